The van der Waals surface area contributed by atoms with E-state index in [1.807, 2.05) is 0 Å². The lowest BCUT2D eigenvalue weighted by Crippen LogP contribution is -1.85. The molecule has 84 valence electrons. The first-order valence-electron chi connectivity index (χ1n) is 4.67. The van der Waals surface area contributed by atoms with Crippen molar-refractivity contribution < 1.29 is 4.42 Å². The zero-order valence-corrected chi connectivity index (χ0v) is 10.0. The molecule has 0 unspecified atom stereocenters. The first-order chi connectivity index (χ1) is 8.24. The third-order valence-corrected chi connectivity index (χ3v) is 2.84. The Balaban J connectivity index is 2.57. The Morgan fingerprint density at radius 3 is 2.53 bits per heavy atom. The van der Waals surface area contributed by atoms with Gasteiger partial charge in [0.1, 0.15) is 6.07 Å². The van der Waals surface area contributed by atoms with Crippen LogP contribution in [0.25, 0.3) is 10.6 Å². The number of furan rings is 1. The number of halogens is 2. The fraction of sp³-hybridized carbons (Fsp3) is 0. The number of hydrogen-bond acceptors (Lipinski definition) is 3. The van der Waals surface area contributed by atoms with Crippen molar-refractivity contribution in [2.45, 2.75) is 0 Å². The van der Waals surface area contributed by atoms with Crippen LogP contribution in [-0.4, -0.2) is 4.98 Å². The molecule has 17 heavy (non-hydrogen) atoms. The van der Waals surface area contributed by atoms with Gasteiger partial charge < -0.3 is 4.42 Å². The molecular weight excluding hydrogens is 259 g/mol. The zero-order valence-electron chi connectivity index (χ0n) is 8.52. The first kappa shape index (κ1) is 11.7. The van der Waals surface area contributed by atoms with Crippen LogP contribution >= 0.6 is 23.2 Å². The van der Waals surface area contributed by atoms with Gasteiger partial charge in [0.2, 0.25) is 5.22 Å². The molecule has 2 rings (SSSR count). The number of rotatable bonds is 2. The number of allylic oxidation sites excluding steroid dienone is 1. The van der Waals surface area contributed by atoms with Gasteiger partial charge in [-0.25, -0.2) is 0 Å². The van der Waals surface area contributed by atoms with Gasteiger partial charge in [-0.1, -0.05) is 11.6 Å². The highest BCUT2D eigenvalue weighted by Gasteiger charge is 2.14. The molecule has 3 nitrogen and oxygen atoms in total. The summed E-state index contributed by atoms with van der Waals surface area (Å²) in [6.07, 6.45) is 4.60. The molecule has 2 aromatic heterocycles. The zero-order chi connectivity index (χ0) is 12.3. The van der Waals surface area contributed by atoms with Crippen molar-refractivity contribution in [1.82, 2.24) is 4.98 Å². The Morgan fingerprint density at radius 1 is 1.29 bits per heavy atom. The monoisotopic (exact) mass is 264 g/mol. The Morgan fingerprint density at radius 2 is 2.00 bits per heavy atom. The van der Waals surface area contributed by atoms with E-state index in [1.54, 1.807) is 30.6 Å². The van der Waals surface area contributed by atoms with E-state index in [1.165, 1.54) is 6.26 Å². The maximum absolute atomic E-state index is 9.15. The van der Waals surface area contributed by atoms with Crippen LogP contribution < -0.4 is 0 Å². The topological polar surface area (TPSA) is 49.8 Å². The summed E-state index contributed by atoms with van der Waals surface area (Å²) in [4.78, 5) is 3.88. The van der Waals surface area contributed by atoms with Crippen LogP contribution in [0.5, 0.6) is 0 Å². The van der Waals surface area contributed by atoms with Crippen molar-refractivity contribution >= 4 is 33.8 Å². The molecule has 0 aliphatic rings. The first-order valence-corrected chi connectivity index (χ1v) is 5.43. The SMILES string of the molecule is N#C/C(=C(/Cl)c1ccoc1Cl)c1ccncc1. The molecule has 0 aromatic carbocycles. The number of pyridine rings is 1. The van der Waals surface area contributed by atoms with Crippen LogP contribution in [0, 0.1) is 11.3 Å². The van der Waals surface area contributed by atoms with E-state index in [2.05, 4.69) is 11.1 Å². The highest BCUT2D eigenvalue weighted by atomic mass is 35.5. The van der Waals surface area contributed by atoms with Gasteiger partial charge in [0.25, 0.3) is 0 Å². The molecule has 5 heteroatoms. The second-order valence-corrected chi connectivity index (χ2v) is 3.87. The fourth-order valence-electron chi connectivity index (χ4n) is 1.34. The van der Waals surface area contributed by atoms with Gasteiger partial charge in [0.15, 0.2) is 0 Å². The van der Waals surface area contributed by atoms with Crippen LogP contribution in [0.2, 0.25) is 5.22 Å². The average molecular weight is 265 g/mol. The molecule has 0 saturated carbocycles. The van der Waals surface area contributed by atoms with Crippen LogP contribution in [0.3, 0.4) is 0 Å². The standard InChI is InChI=1S/C12H6Cl2N2O/c13-11(9-3-6-17-12(9)14)10(7-15)8-1-4-16-5-2-8/h1-6H/b11-10-. The highest BCUT2D eigenvalue weighted by Crippen LogP contribution is 2.33. The second kappa shape index (κ2) is 5.05. The normalized spacial score (nSPS) is 11.8. The Hall–Kier alpha value is -1.76. The minimum Gasteiger partial charge on any atom is -0.452 e. The predicted molar refractivity (Wildman–Crippen MR) is 66.2 cm³/mol. The van der Waals surface area contributed by atoms with Crippen LogP contribution in [0.15, 0.2) is 41.3 Å². The van der Waals surface area contributed by atoms with Crippen molar-refractivity contribution in [1.29, 1.82) is 5.26 Å². The largest absolute Gasteiger partial charge is 0.452 e. The van der Waals surface area contributed by atoms with Gasteiger partial charge in [-0.05, 0) is 35.4 Å². The van der Waals surface area contributed by atoms with Gasteiger partial charge in [-0.2, -0.15) is 5.26 Å². The quantitative estimate of drug-likeness (QED) is 0.772. The summed E-state index contributed by atoms with van der Waals surface area (Å²) in [5, 5.41) is 9.58. The average Bonchev–Trinajstić information content (AvgIpc) is 2.77. The lowest BCUT2D eigenvalue weighted by atomic mass is 10.1. The number of aromatic nitrogens is 1. The molecular formula is C12H6Cl2N2O. The highest BCUT2D eigenvalue weighted by molar-refractivity contribution is 6.54. The molecule has 0 fully saturated rings. The van der Waals surface area contributed by atoms with E-state index in [9.17, 15) is 0 Å². The fourth-order valence-corrected chi connectivity index (χ4v) is 1.90. The smallest absolute Gasteiger partial charge is 0.201 e. The summed E-state index contributed by atoms with van der Waals surface area (Å²) in [5.74, 6) is 0. The molecule has 0 spiro atoms. The molecule has 0 bridgehead atoms. The number of nitriles is 1. The predicted octanol–water partition coefficient (Wildman–Crippen LogP) is 3.96. The summed E-state index contributed by atoms with van der Waals surface area (Å²) < 4.78 is 4.94. The van der Waals surface area contributed by atoms with Gasteiger partial charge in [0, 0.05) is 12.4 Å². The van der Waals surface area contributed by atoms with Crippen molar-refractivity contribution in [2.75, 3.05) is 0 Å². The molecule has 0 aliphatic heterocycles. The van der Waals surface area contributed by atoms with Crippen molar-refractivity contribution in [3.05, 3.63) is 53.2 Å². The van der Waals surface area contributed by atoms with Crippen LogP contribution in [-0.2, 0) is 0 Å². The summed E-state index contributed by atoms with van der Waals surface area (Å²) in [6.45, 7) is 0. The minimum atomic E-state index is 0.164. The maximum Gasteiger partial charge on any atom is 0.201 e. The number of nitrogens with zero attached hydrogens (tertiary/aromatic N) is 2. The summed E-state index contributed by atoms with van der Waals surface area (Å²) in [5.41, 5.74) is 1.52. The Labute approximate surface area is 108 Å². The van der Waals surface area contributed by atoms with E-state index in [-0.39, 0.29) is 10.3 Å². The molecule has 0 aliphatic carbocycles. The van der Waals surface area contributed by atoms with E-state index < -0.39 is 0 Å². The maximum atomic E-state index is 9.15. The molecule has 0 saturated heterocycles. The van der Waals surface area contributed by atoms with E-state index in [0.29, 0.717) is 16.7 Å². The molecule has 0 N–H and O–H groups in total. The summed E-state index contributed by atoms with van der Waals surface area (Å²) >= 11 is 12.0. The Bertz CT molecular complexity index is 596. The van der Waals surface area contributed by atoms with Crippen LogP contribution in [0.1, 0.15) is 11.1 Å². The third kappa shape index (κ3) is 2.33. The van der Waals surface area contributed by atoms with Crippen molar-refractivity contribution in [3.8, 4) is 6.07 Å². The molecule has 2 heterocycles. The molecule has 0 atom stereocenters. The van der Waals surface area contributed by atoms with Crippen LogP contribution in [0.4, 0.5) is 0 Å². The second-order valence-electron chi connectivity index (χ2n) is 3.14. The molecule has 2 aromatic rings. The molecule has 0 amide bonds. The van der Waals surface area contributed by atoms with E-state index in [4.69, 9.17) is 32.9 Å². The minimum absolute atomic E-state index is 0.164. The van der Waals surface area contributed by atoms with E-state index >= 15 is 0 Å². The van der Waals surface area contributed by atoms with E-state index in [0.717, 1.165) is 0 Å². The lowest BCUT2D eigenvalue weighted by Gasteiger charge is -2.01. The Kier molecular flexibility index (Phi) is 3.48. The van der Waals surface area contributed by atoms with Crippen molar-refractivity contribution in [3.63, 3.8) is 0 Å². The van der Waals surface area contributed by atoms with Crippen molar-refractivity contribution in [2.24, 2.45) is 0 Å². The van der Waals surface area contributed by atoms with Gasteiger partial charge in [-0.15, -0.1) is 0 Å². The van der Waals surface area contributed by atoms with Gasteiger partial charge >= 0.3 is 0 Å². The van der Waals surface area contributed by atoms with Gasteiger partial charge in [0.05, 0.1) is 22.4 Å². The summed E-state index contributed by atoms with van der Waals surface area (Å²) in [7, 11) is 0. The molecule has 0 radical (unpaired) electrons. The number of hydrogen-bond donors (Lipinski definition) is 0. The third-order valence-electron chi connectivity index (χ3n) is 2.15. The van der Waals surface area contributed by atoms with Gasteiger partial charge in [-0.3, -0.25) is 4.98 Å². The summed E-state index contributed by atoms with van der Waals surface area (Å²) in [6, 6.07) is 7.07. The lowest BCUT2D eigenvalue weighted by molar-refractivity contribution is 0.569.